The Morgan fingerprint density at radius 1 is 1.50 bits per heavy atom. The van der Waals surface area contributed by atoms with Gasteiger partial charge in [0, 0.05) is 5.56 Å². The van der Waals surface area contributed by atoms with Crippen molar-refractivity contribution < 1.29 is 14.2 Å². The van der Waals surface area contributed by atoms with Crippen LogP contribution in [0.2, 0.25) is 0 Å². The van der Waals surface area contributed by atoms with E-state index in [9.17, 15) is 9.50 Å². The molecule has 1 aromatic carbocycles. The number of nitrogens with two attached hydrogens (primary N) is 1. The van der Waals surface area contributed by atoms with Crippen molar-refractivity contribution in [1.29, 1.82) is 0 Å². The second kappa shape index (κ2) is 6.06. The van der Waals surface area contributed by atoms with E-state index in [1.807, 2.05) is 0 Å². The molecular weight excluding hydrogens is 277 g/mol. The van der Waals surface area contributed by atoms with Crippen molar-refractivity contribution in [3.63, 3.8) is 0 Å². The van der Waals surface area contributed by atoms with E-state index in [1.54, 1.807) is 0 Å². The Labute approximate surface area is 103 Å². The van der Waals surface area contributed by atoms with Gasteiger partial charge >= 0.3 is 0 Å². The zero-order valence-corrected chi connectivity index (χ0v) is 10.7. The van der Waals surface area contributed by atoms with Gasteiger partial charge < -0.3 is 15.6 Å². The molecule has 90 valence electrons. The lowest BCUT2D eigenvalue weighted by Crippen LogP contribution is -2.01. The smallest absolute Gasteiger partial charge is 0.175 e. The van der Waals surface area contributed by atoms with E-state index in [1.165, 1.54) is 13.2 Å². The van der Waals surface area contributed by atoms with Crippen molar-refractivity contribution in [3.8, 4) is 11.5 Å². The Kier molecular flexibility index (Phi) is 5.02. The normalized spacial score (nSPS) is 10.5. The first-order valence-electron chi connectivity index (χ1n) is 5.05. The molecule has 0 radical (unpaired) electrons. The molecule has 0 aliphatic carbocycles. The van der Waals surface area contributed by atoms with E-state index >= 15 is 0 Å². The molecule has 0 saturated carbocycles. The minimum atomic E-state index is -0.429. The molecule has 16 heavy (non-hydrogen) atoms. The summed E-state index contributed by atoms with van der Waals surface area (Å²) in [6.07, 6.45) is 2.00. The summed E-state index contributed by atoms with van der Waals surface area (Å²) in [4.78, 5) is 0. The minimum Gasteiger partial charge on any atom is -0.504 e. The SMILES string of the molecule is COc1c(Br)cc(F)c(CCCCN)c1O. The average molecular weight is 292 g/mol. The van der Waals surface area contributed by atoms with Gasteiger partial charge in [-0.25, -0.2) is 4.39 Å². The molecule has 0 amide bonds. The molecule has 0 atom stereocenters. The maximum Gasteiger partial charge on any atom is 0.175 e. The van der Waals surface area contributed by atoms with E-state index in [-0.39, 0.29) is 17.1 Å². The van der Waals surface area contributed by atoms with Gasteiger partial charge in [0.15, 0.2) is 11.5 Å². The highest BCUT2D eigenvalue weighted by Crippen LogP contribution is 2.39. The van der Waals surface area contributed by atoms with Gasteiger partial charge in [0.25, 0.3) is 0 Å². The largest absolute Gasteiger partial charge is 0.504 e. The zero-order chi connectivity index (χ0) is 12.1. The van der Waals surface area contributed by atoms with Crippen LogP contribution in [0.3, 0.4) is 0 Å². The fourth-order valence-corrected chi connectivity index (χ4v) is 2.06. The van der Waals surface area contributed by atoms with Gasteiger partial charge in [-0.3, -0.25) is 0 Å². The Morgan fingerprint density at radius 3 is 2.75 bits per heavy atom. The molecule has 5 heteroatoms. The molecule has 0 aromatic heterocycles. The average Bonchev–Trinajstić information content (AvgIpc) is 2.23. The summed E-state index contributed by atoms with van der Waals surface area (Å²) >= 11 is 3.13. The second-order valence-electron chi connectivity index (χ2n) is 3.45. The van der Waals surface area contributed by atoms with Crippen molar-refractivity contribution in [2.75, 3.05) is 13.7 Å². The molecule has 1 aromatic rings. The van der Waals surface area contributed by atoms with Gasteiger partial charge in [-0.2, -0.15) is 0 Å². The molecule has 0 aliphatic heterocycles. The number of unbranched alkanes of at least 4 members (excludes halogenated alkanes) is 1. The molecule has 3 N–H and O–H groups in total. The third-order valence-corrected chi connectivity index (χ3v) is 2.93. The van der Waals surface area contributed by atoms with Crippen LogP contribution < -0.4 is 10.5 Å². The quantitative estimate of drug-likeness (QED) is 0.820. The van der Waals surface area contributed by atoms with E-state index in [4.69, 9.17) is 10.5 Å². The molecule has 0 aliphatic rings. The molecule has 0 bridgehead atoms. The third-order valence-electron chi connectivity index (χ3n) is 2.34. The highest BCUT2D eigenvalue weighted by Gasteiger charge is 2.16. The van der Waals surface area contributed by atoms with Crippen molar-refractivity contribution in [1.82, 2.24) is 0 Å². The number of hydrogen-bond donors (Lipinski definition) is 2. The summed E-state index contributed by atoms with van der Waals surface area (Å²) in [5.74, 6) is -0.294. The minimum absolute atomic E-state index is 0.133. The van der Waals surface area contributed by atoms with Crippen molar-refractivity contribution >= 4 is 15.9 Å². The van der Waals surface area contributed by atoms with Gasteiger partial charge in [-0.1, -0.05) is 0 Å². The summed E-state index contributed by atoms with van der Waals surface area (Å²) in [6.45, 7) is 0.566. The first-order chi connectivity index (χ1) is 7.61. The lowest BCUT2D eigenvalue weighted by molar-refractivity contribution is 0.364. The summed E-state index contributed by atoms with van der Waals surface area (Å²) in [6, 6.07) is 1.30. The topological polar surface area (TPSA) is 55.5 Å². The van der Waals surface area contributed by atoms with Crippen LogP contribution in [0, 0.1) is 5.82 Å². The summed E-state index contributed by atoms with van der Waals surface area (Å²) < 4.78 is 19.0. The lowest BCUT2D eigenvalue weighted by Gasteiger charge is -2.11. The van der Waals surface area contributed by atoms with Crippen LogP contribution in [0.4, 0.5) is 4.39 Å². The zero-order valence-electron chi connectivity index (χ0n) is 9.09. The number of phenolic OH excluding ortho intramolecular Hbond substituents is 1. The predicted octanol–water partition coefficient (Wildman–Crippen LogP) is 2.58. The lowest BCUT2D eigenvalue weighted by atomic mass is 10.1. The maximum absolute atomic E-state index is 13.6. The number of aromatic hydroxyl groups is 1. The van der Waals surface area contributed by atoms with E-state index in [2.05, 4.69) is 15.9 Å². The third kappa shape index (κ3) is 2.86. The number of methoxy groups -OCH3 is 1. The van der Waals surface area contributed by atoms with Crippen LogP contribution in [0.25, 0.3) is 0 Å². The molecule has 0 unspecified atom stereocenters. The molecule has 3 nitrogen and oxygen atoms in total. The fraction of sp³-hybridized carbons (Fsp3) is 0.455. The number of halogens is 2. The molecule has 0 fully saturated rings. The Hall–Kier alpha value is -0.810. The predicted molar refractivity (Wildman–Crippen MR) is 64.3 cm³/mol. The molecular formula is C11H15BrFNO2. The van der Waals surface area contributed by atoms with E-state index in [0.717, 1.165) is 12.8 Å². The Morgan fingerprint density at radius 2 is 2.19 bits per heavy atom. The highest BCUT2D eigenvalue weighted by atomic mass is 79.9. The molecule has 0 heterocycles. The van der Waals surface area contributed by atoms with Crippen LogP contribution in [-0.4, -0.2) is 18.8 Å². The Bertz CT molecular complexity index is 371. The van der Waals surface area contributed by atoms with Gasteiger partial charge in [-0.15, -0.1) is 0 Å². The first kappa shape index (κ1) is 13.3. The van der Waals surface area contributed by atoms with Gasteiger partial charge in [0.05, 0.1) is 11.6 Å². The van der Waals surface area contributed by atoms with E-state index in [0.29, 0.717) is 17.4 Å². The Balaban J connectivity index is 2.98. The van der Waals surface area contributed by atoms with Gasteiger partial charge in [0.1, 0.15) is 5.82 Å². The first-order valence-corrected chi connectivity index (χ1v) is 5.85. The highest BCUT2D eigenvalue weighted by molar-refractivity contribution is 9.10. The molecule has 0 spiro atoms. The van der Waals surface area contributed by atoms with Crippen LogP contribution in [0.15, 0.2) is 10.5 Å². The molecule has 1 rings (SSSR count). The number of ether oxygens (including phenoxy) is 1. The monoisotopic (exact) mass is 291 g/mol. The van der Waals surface area contributed by atoms with Gasteiger partial charge in [-0.05, 0) is 47.8 Å². The number of phenols is 1. The number of hydrogen-bond acceptors (Lipinski definition) is 3. The van der Waals surface area contributed by atoms with Crippen LogP contribution >= 0.6 is 15.9 Å². The standard InChI is InChI=1S/C11H15BrFNO2/c1-16-11-8(12)6-9(13)7(10(11)15)4-2-3-5-14/h6,15H,2-5,14H2,1H3. The second-order valence-corrected chi connectivity index (χ2v) is 4.30. The van der Waals surface area contributed by atoms with Gasteiger partial charge in [0.2, 0.25) is 0 Å². The van der Waals surface area contributed by atoms with Crippen molar-refractivity contribution in [2.24, 2.45) is 5.73 Å². The van der Waals surface area contributed by atoms with Crippen molar-refractivity contribution in [2.45, 2.75) is 19.3 Å². The summed E-state index contributed by atoms with van der Waals surface area (Å²) in [5.41, 5.74) is 5.65. The fourth-order valence-electron chi connectivity index (χ4n) is 1.51. The number of benzene rings is 1. The summed E-state index contributed by atoms with van der Waals surface area (Å²) in [5, 5.41) is 9.82. The number of rotatable bonds is 5. The molecule has 0 saturated heterocycles. The van der Waals surface area contributed by atoms with Crippen molar-refractivity contribution in [3.05, 3.63) is 21.9 Å². The summed E-state index contributed by atoms with van der Waals surface area (Å²) in [7, 11) is 1.43. The van der Waals surface area contributed by atoms with E-state index < -0.39 is 5.82 Å². The van der Waals surface area contributed by atoms with Crippen LogP contribution in [-0.2, 0) is 6.42 Å². The maximum atomic E-state index is 13.6. The van der Waals surface area contributed by atoms with Crippen LogP contribution in [0.5, 0.6) is 11.5 Å². The van der Waals surface area contributed by atoms with Crippen LogP contribution in [0.1, 0.15) is 18.4 Å².